The Balaban J connectivity index is 1.76. The van der Waals surface area contributed by atoms with Crippen LogP contribution in [-0.2, 0) is 20.2 Å². The van der Waals surface area contributed by atoms with E-state index in [9.17, 15) is 9.90 Å². The summed E-state index contributed by atoms with van der Waals surface area (Å²) < 4.78 is 6.97. The summed E-state index contributed by atoms with van der Waals surface area (Å²) in [7, 11) is 1.97. The fraction of sp³-hybridized carbons (Fsp3) is 0.312. The molecule has 0 radical (unpaired) electrons. The highest BCUT2D eigenvalue weighted by atomic mass is 16.5. The summed E-state index contributed by atoms with van der Waals surface area (Å²) in [5, 5.41) is 15.8. The Bertz CT molecular complexity index is 879. The van der Waals surface area contributed by atoms with Crippen LogP contribution in [0.2, 0.25) is 0 Å². The van der Waals surface area contributed by atoms with Crippen molar-refractivity contribution in [1.29, 1.82) is 0 Å². The monoisotopic (exact) mass is 314 g/mol. The molecule has 0 aliphatic rings. The molecule has 3 rings (SSSR count). The van der Waals surface area contributed by atoms with Crippen LogP contribution in [0.25, 0.3) is 11.0 Å². The lowest BCUT2D eigenvalue weighted by Crippen LogP contribution is -2.24. The van der Waals surface area contributed by atoms with Crippen LogP contribution in [0.15, 0.2) is 22.7 Å². The van der Waals surface area contributed by atoms with Gasteiger partial charge in [0.05, 0.1) is 23.2 Å². The van der Waals surface area contributed by atoms with Crippen molar-refractivity contribution in [3.63, 3.8) is 0 Å². The summed E-state index contributed by atoms with van der Waals surface area (Å²) in [6.07, 6.45) is 0. The minimum atomic E-state index is -0.372. The predicted molar refractivity (Wildman–Crippen MR) is 83.8 cm³/mol. The lowest BCUT2D eigenvalue weighted by atomic mass is 10.1. The highest BCUT2D eigenvalue weighted by Gasteiger charge is 2.18. The largest absolute Gasteiger partial charge is 0.391 e. The maximum Gasteiger partial charge on any atom is 0.274 e. The second-order valence-corrected chi connectivity index (χ2v) is 5.45. The molecule has 7 nitrogen and oxygen atoms in total. The van der Waals surface area contributed by atoms with Crippen LogP contribution < -0.4 is 5.32 Å². The van der Waals surface area contributed by atoms with E-state index in [4.69, 9.17) is 4.52 Å². The Kier molecular flexibility index (Phi) is 3.87. The van der Waals surface area contributed by atoms with Crippen molar-refractivity contribution in [2.45, 2.75) is 27.0 Å². The number of nitrogens with one attached hydrogen (secondary N) is 1. The van der Waals surface area contributed by atoms with Crippen molar-refractivity contribution in [3.05, 3.63) is 46.6 Å². The molecule has 0 atom stereocenters. The summed E-state index contributed by atoms with van der Waals surface area (Å²) in [5.41, 5.74) is 3.42. The van der Waals surface area contributed by atoms with Gasteiger partial charge in [-0.3, -0.25) is 4.79 Å². The van der Waals surface area contributed by atoms with E-state index < -0.39 is 0 Å². The zero-order valence-corrected chi connectivity index (χ0v) is 13.3. The number of hydrogen-bond acceptors (Lipinski definition) is 5. The van der Waals surface area contributed by atoms with Gasteiger partial charge in [0.2, 0.25) is 0 Å². The van der Waals surface area contributed by atoms with E-state index in [0.717, 1.165) is 22.4 Å². The van der Waals surface area contributed by atoms with Crippen LogP contribution >= 0.6 is 0 Å². The lowest BCUT2D eigenvalue weighted by molar-refractivity contribution is 0.0939. The smallest absolute Gasteiger partial charge is 0.274 e. The number of rotatable bonds is 4. The number of fused-ring (bicyclic) bond motifs is 1. The molecule has 2 aromatic heterocycles. The molecule has 23 heavy (non-hydrogen) atoms. The zero-order valence-electron chi connectivity index (χ0n) is 13.3. The SMILES string of the molecule is Cc1onc(C(=O)NCc2ccc3c(c2)nc(C)n3C)c1CO. The van der Waals surface area contributed by atoms with Crippen molar-refractivity contribution in [3.8, 4) is 0 Å². The first kappa shape index (κ1) is 15.2. The number of aryl methyl sites for hydroxylation is 3. The van der Waals surface area contributed by atoms with E-state index in [1.165, 1.54) is 0 Å². The minimum absolute atomic E-state index is 0.125. The Hall–Kier alpha value is -2.67. The van der Waals surface area contributed by atoms with Gasteiger partial charge in [-0.2, -0.15) is 0 Å². The standard InChI is InChI=1S/C16H18N4O3/c1-9-12(8-21)15(19-23-9)16(22)17-7-11-4-5-14-13(6-11)18-10(2)20(14)3/h4-6,21H,7-8H2,1-3H3,(H,17,22). The maximum atomic E-state index is 12.2. The molecule has 3 aromatic rings. The van der Waals surface area contributed by atoms with Crippen molar-refractivity contribution >= 4 is 16.9 Å². The van der Waals surface area contributed by atoms with Gasteiger partial charge in [0, 0.05) is 13.6 Å². The highest BCUT2D eigenvalue weighted by molar-refractivity contribution is 5.93. The van der Waals surface area contributed by atoms with Gasteiger partial charge in [0.25, 0.3) is 5.91 Å². The number of carbonyl (C=O) groups excluding carboxylic acids is 1. The van der Waals surface area contributed by atoms with Crippen LogP contribution in [0.5, 0.6) is 0 Å². The molecule has 0 fully saturated rings. The van der Waals surface area contributed by atoms with Crippen LogP contribution in [0.4, 0.5) is 0 Å². The van der Waals surface area contributed by atoms with E-state index in [0.29, 0.717) is 17.9 Å². The van der Waals surface area contributed by atoms with Gasteiger partial charge in [-0.1, -0.05) is 11.2 Å². The van der Waals surface area contributed by atoms with Crippen molar-refractivity contribution in [2.24, 2.45) is 7.05 Å². The number of hydrogen-bond donors (Lipinski definition) is 2. The van der Waals surface area contributed by atoms with Gasteiger partial charge < -0.3 is 19.5 Å². The first-order chi connectivity index (χ1) is 11.0. The second-order valence-electron chi connectivity index (χ2n) is 5.45. The third-order valence-electron chi connectivity index (χ3n) is 3.98. The Morgan fingerprint density at radius 3 is 2.91 bits per heavy atom. The molecule has 0 saturated heterocycles. The number of amides is 1. The first-order valence-electron chi connectivity index (χ1n) is 7.27. The average molecular weight is 314 g/mol. The number of imidazole rings is 1. The van der Waals surface area contributed by atoms with Crippen molar-refractivity contribution in [1.82, 2.24) is 20.0 Å². The van der Waals surface area contributed by atoms with Gasteiger partial charge in [-0.15, -0.1) is 0 Å². The van der Waals surface area contributed by atoms with Gasteiger partial charge in [0.15, 0.2) is 5.69 Å². The van der Waals surface area contributed by atoms with E-state index in [2.05, 4.69) is 15.5 Å². The number of nitrogens with zero attached hydrogens (tertiary/aromatic N) is 3. The van der Waals surface area contributed by atoms with Gasteiger partial charge in [0.1, 0.15) is 11.6 Å². The van der Waals surface area contributed by atoms with E-state index >= 15 is 0 Å². The summed E-state index contributed by atoms with van der Waals surface area (Å²) in [5.74, 6) is 1.01. The normalized spacial score (nSPS) is 11.1. The van der Waals surface area contributed by atoms with Crippen molar-refractivity contribution in [2.75, 3.05) is 0 Å². The Morgan fingerprint density at radius 1 is 1.39 bits per heavy atom. The third-order valence-corrected chi connectivity index (χ3v) is 3.98. The van der Waals surface area contributed by atoms with E-state index in [1.807, 2.05) is 36.7 Å². The topological polar surface area (TPSA) is 93.2 Å². The van der Waals surface area contributed by atoms with Gasteiger partial charge in [-0.05, 0) is 31.5 Å². The minimum Gasteiger partial charge on any atom is -0.391 e. The van der Waals surface area contributed by atoms with Crippen LogP contribution in [0.3, 0.4) is 0 Å². The molecule has 0 bridgehead atoms. The number of aromatic nitrogens is 3. The van der Waals surface area contributed by atoms with Gasteiger partial charge >= 0.3 is 0 Å². The zero-order chi connectivity index (χ0) is 16.6. The first-order valence-corrected chi connectivity index (χ1v) is 7.27. The molecule has 0 aliphatic heterocycles. The highest BCUT2D eigenvalue weighted by Crippen LogP contribution is 2.17. The molecule has 1 amide bonds. The lowest BCUT2D eigenvalue weighted by Gasteiger charge is -2.05. The summed E-state index contributed by atoms with van der Waals surface area (Å²) in [4.78, 5) is 16.6. The quantitative estimate of drug-likeness (QED) is 0.763. The average Bonchev–Trinajstić information content (AvgIpc) is 3.05. The van der Waals surface area contributed by atoms with Crippen LogP contribution in [0, 0.1) is 13.8 Å². The molecule has 0 spiro atoms. The summed E-state index contributed by atoms with van der Waals surface area (Å²) in [6, 6.07) is 5.88. The van der Waals surface area contributed by atoms with E-state index in [-0.39, 0.29) is 18.2 Å². The molecule has 0 unspecified atom stereocenters. The second kappa shape index (κ2) is 5.85. The van der Waals surface area contributed by atoms with Crippen LogP contribution in [-0.4, -0.2) is 25.7 Å². The predicted octanol–water partition coefficient (Wildman–Crippen LogP) is 1.60. The Labute approximate surface area is 132 Å². The number of aliphatic hydroxyl groups excluding tert-OH is 1. The van der Waals surface area contributed by atoms with Crippen molar-refractivity contribution < 1.29 is 14.4 Å². The molecule has 2 heterocycles. The summed E-state index contributed by atoms with van der Waals surface area (Å²) in [6.45, 7) is 3.68. The molecular formula is C16H18N4O3. The molecule has 0 aliphatic carbocycles. The number of carbonyl (C=O) groups is 1. The fourth-order valence-corrected chi connectivity index (χ4v) is 2.50. The molecule has 1 aromatic carbocycles. The Morgan fingerprint density at radius 2 is 2.17 bits per heavy atom. The van der Waals surface area contributed by atoms with Gasteiger partial charge in [-0.25, -0.2) is 4.98 Å². The molecule has 2 N–H and O–H groups in total. The number of benzene rings is 1. The molecular weight excluding hydrogens is 296 g/mol. The summed E-state index contributed by atoms with van der Waals surface area (Å²) >= 11 is 0. The third kappa shape index (κ3) is 2.70. The van der Waals surface area contributed by atoms with E-state index in [1.54, 1.807) is 6.92 Å². The fourth-order valence-electron chi connectivity index (χ4n) is 2.50. The number of aliphatic hydroxyl groups is 1. The molecule has 120 valence electrons. The van der Waals surface area contributed by atoms with Crippen LogP contribution in [0.1, 0.15) is 33.2 Å². The molecule has 7 heteroatoms. The maximum absolute atomic E-state index is 12.2. The molecule has 0 saturated carbocycles.